The predicted octanol–water partition coefficient (Wildman–Crippen LogP) is 5.31. The van der Waals surface area contributed by atoms with E-state index in [9.17, 15) is 0 Å². The lowest BCUT2D eigenvalue weighted by molar-refractivity contribution is 0.932. The quantitative estimate of drug-likeness (QED) is 0.575. The first-order valence-corrected chi connectivity index (χ1v) is 9.27. The Hall–Kier alpha value is -2.17. The van der Waals surface area contributed by atoms with Gasteiger partial charge in [0.2, 0.25) is 0 Å². The molecule has 0 saturated carbocycles. The van der Waals surface area contributed by atoms with Crippen LogP contribution < -0.4 is 5.30 Å². The van der Waals surface area contributed by atoms with Gasteiger partial charge in [-0.2, -0.15) is 0 Å². The molecule has 0 spiro atoms. The molecule has 3 aromatic carbocycles. The molecule has 0 fully saturated rings. The zero-order valence-corrected chi connectivity index (χ0v) is 13.9. The number of fused-ring (bicyclic) bond motifs is 2. The molecule has 0 nitrogen and oxygen atoms in total. The first-order valence-electron chi connectivity index (χ1n) is 8.07. The van der Waals surface area contributed by atoms with E-state index < -0.39 is 0 Å². The Morgan fingerprint density at radius 3 is 1.74 bits per heavy atom. The van der Waals surface area contributed by atoms with Crippen LogP contribution in [0.3, 0.4) is 0 Å². The van der Waals surface area contributed by atoms with Gasteiger partial charge < -0.3 is 0 Å². The fraction of sp³-hybridized carbons (Fsp3) is 0.0909. The molecule has 1 aliphatic carbocycles. The fourth-order valence-corrected chi connectivity index (χ4v) is 4.61. The van der Waals surface area contributed by atoms with E-state index in [4.69, 9.17) is 0 Å². The third-order valence-electron chi connectivity index (χ3n) is 4.47. The Labute approximate surface area is 139 Å². The van der Waals surface area contributed by atoms with Crippen LogP contribution in [0.2, 0.25) is 0 Å². The molecule has 0 heterocycles. The highest BCUT2D eigenvalue weighted by Crippen LogP contribution is 2.37. The molecule has 0 N–H and O–H groups in total. The Morgan fingerprint density at radius 2 is 1.13 bits per heavy atom. The van der Waals surface area contributed by atoms with Crippen LogP contribution in [-0.4, -0.2) is 6.16 Å². The summed E-state index contributed by atoms with van der Waals surface area (Å²) in [6, 6.07) is 28.5. The number of rotatable bonds is 3. The maximum Gasteiger partial charge on any atom is 0.0141 e. The number of hydrogen-bond acceptors (Lipinski definition) is 0. The maximum absolute atomic E-state index is 2.29. The zero-order valence-electron chi connectivity index (χ0n) is 12.9. The molecule has 0 aliphatic heterocycles. The molecule has 0 saturated heterocycles. The molecule has 1 unspecified atom stereocenters. The van der Waals surface area contributed by atoms with Crippen molar-refractivity contribution in [2.24, 2.45) is 0 Å². The Kier molecular flexibility index (Phi) is 4.09. The third kappa shape index (κ3) is 3.00. The molecular weight excluding hydrogens is 295 g/mol. The molecule has 0 bridgehead atoms. The second-order valence-corrected chi connectivity index (χ2v) is 7.23. The molecule has 1 atom stereocenters. The van der Waals surface area contributed by atoms with Gasteiger partial charge in [0.25, 0.3) is 0 Å². The molecule has 23 heavy (non-hydrogen) atoms. The third-order valence-corrected chi connectivity index (χ3v) is 5.82. The van der Waals surface area contributed by atoms with Gasteiger partial charge in [-0.05, 0) is 33.7 Å². The Balaban J connectivity index is 1.73. The minimum atomic E-state index is 0.468. The molecule has 0 amide bonds. The van der Waals surface area contributed by atoms with Crippen molar-refractivity contribution in [2.45, 2.75) is 5.92 Å². The van der Waals surface area contributed by atoms with Gasteiger partial charge in [0, 0.05) is 5.92 Å². The summed E-state index contributed by atoms with van der Waals surface area (Å²) in [5, 5.41) is 1.44. The van der Waals surface area contributed by atoms with Crippen molar-refractivity contribution in [3.63, 3.8) is 0 Å². The average molecular weight is 314 g/mol. The molecule has 0 aromatic heterocycles. The van der Waals surface area contributed by atoms with Gasteiger partial charge >= 0.3 is 0 Å². The minimum absolute atomic E-state index is 0.468. The van der Waals surface area contributed by atoms with Crippen molar-refractivity contribution in [2.75, 3.05) is 6.16 Å². The minimum Gasteiger partial charge on any atom is -0.0894 e. The van der Waals surface area contributed by atoms with Crippen molar-refractivity contribution >= 4 is 26.0 Å². The first kappa shape index (κ1) is 14.4. The van der Waals surface area contributed by atoms with Crippen molar-refractivity contribution < 1.29 is 0 Å². The molecular formula is C22H19P. The standard InChI is InChI=1S/C22H19P/c1-2-10-19(11-3-1)23-16-22-20-12-6-4-8-17(20)14-15-18-9-5-7-13-21(18)22/h1-15,22-23H,16H2. The molecule has 112 valence electrons. The van der Waals surface area contributed by atoms with E-state index in [1.165, 1.54) is 33.7 Å². The van der Waals surface area contributed by atoms with E-state index in [1.54, 1.807) is 0 Å². The number of hydrogen-bond donors (Lipinski definition) is 0. The van der Waals surface area contributed by atoms with E-state index in [2.05, 4.69) is 91.0 Å². The van der Waals surface area contributed by atoms with Gasteiger partial charge in [-0.3, -0.25) is 0 Å². The molecule has 1 heteroatoms. The van der Waals surface area contributed by atoms with Crippen LogP contribution in [0.25, 0.3) is 12.2 Å². The van der Waals surface area contributed by atoms with Gasteiger partial charge in [0.15, 0.2) is 0 Å². The van der Waals surface area contributed by atoms with E-state index in [1.807, 2.05) is 0 Å². The van der Waals surface area contributed by atoms with Crippen LogP contribution in [0, 0.1) is 0 Å². The summed E-state index contributed by atoms with van der Waals surface area (Å²) in [4.78, 5) is 0. The highest BCUT2D eigenvalue weighted by Gasteiger charge is 2.20. The van der Waals surface area contributed by atoms with Crippen molar-refractivity contribution in [1.29, 1.82) is 0 Å². The first-order chi connectivity index (χ1) is 11.4. The molecule has 4 rings (SSSR count). The largest absolute Gasteiger partial charge is 0.0894 e. The zero-order chi connectivity index (χ0) is 15.5. The lowest BCUT2D eigenvalue weighted by Crippen LogP contribution is -2.08. The molecule has 3 aromatic rings. The number of benzene rings is 3. The average Bonchev–Trinajstić information content (AvgIpc) is 2.78. The molecule has 1 aliphatic rings. The van der Waals surface area contributed by atoms with Gasteiger partial charge in [-0.15, -0.1) is 0 Å². The van der Waals surface area contributed by atoms with E-state index in [0.717, 1.165) is 8.58 Å². The van der Waals surface area contributed by atoms with Gasteiger partial charge in [-0.1, -0.05) is 99.6 Å². The summed E-state index contributed by atoms with van der Waals surface area (Å²) >= 11 is 0. The summed E-state index contributed by atoms with van der Waals surface area (Å²) in [5.74, 6) is 0.468. The normalized spacial score (nSPS) is 13.7. The van der Waals surface area contributed by atoms with Crippen molar-refractivity contribution in [3.8, 4) is 0 Å². The maximum atomic E-state index is 2.29. The van der Waals surface area contributed by atoms with Crippen LogP contribution in [0.5, 0.6) is 0 Å². The SMILES string of the molecule is C1=Cc2ccccc2C(CPc2ccccc2)c2ccccc21. The van der Waals surface area contributed by atoms with Crippen LogP contribution in [-0.2, 0) is 0 Å². The van der Waals surface area contributed by atoms with Crippen molar-refractivity contribution in [3.05, 3.63) is 101 Å². The van der Waals surface area contributed by atoms with E-state index >= 15 is 0 Å². The molecule has 0 radical (unpaired) electrons. The Morgan fingerprint density at radius 1 is 0.609 bits per heavy atom. The van der Waals surface area contributed by atoms with Crippen LogP contribution in [0.15, 0.2) is 78.9 Å². The topological polar surface area (TPSA) is 0 Å². The van der Waals surface area contributed by atoms with Crippen LogP contribution in [0.1, 0.15) is 28.2 Å². The van der Waals surface area contributed by atoms with Gasteiger partial charge in [0.05, 0.1) is 0 Å². The van der Waals surface area contributed by atoms with E-state index in [-0.39, 0.29) is 0 Å². The van der Waals surface area contributed by atoms with Gasteiger partial charge in [-0.25, -0.2) is 0 Å². The lowest BCUT2D eigenvalue weighted by Gasteiger charge is -2.20. The smallest absolute Gasteiger partial charge is 0.0141 e. The Bertz CT molecular complexity index is 784. The summed E-state index contributed by atoms with van der Waals surface area (Å²) < 4.78 is 0. The van der Waals surface area contributed by atoms with Crippen LogP contribution in [0.4, 0.5) is 0 Å². The second kappa shape index (κ2) is 6.52. The summed E-state index contributed by atoms with van der Waals surface area (Å²) in [7, 11) is 0.829. The van der Waals surface area contributed by atoms with E-state index in [0.29, 0.717) is 5.92 Å². The predicted molar refractivity (Wildman–Crippen MR) is 103 cm³/mol. The lowest BCUT2D eigenvalue weighted by atomic mass is 9.89. The summed E-state index contributed by atoms with van der Waals surface area (Å²) in [5.41, 5.74) is 5.62. The van der Waals surface area contributed by atoms with Gasteiger partial charge in [0.1, 0.15) is 0 Å². The second-order valence-electron chi connectivity index (χ2n) is 5.89. The fourth-order valence-electron chi connectivity index (χ4n) is 3.30. The highest BCUT2D eigenvalue weighted by atomic mass is 31.1. The monoisotopic (exact) mass is 314 g/mol. The summed E-state index contributed by atoms with van der Waals surface area (Å²) in [6.07, 6.45) is 5.69. The van der Waals surface area contributed by atoms with Crippen LogP contribution >= 0.6 is 8.58 Å². The summed E-state index contributed by atoms with van der Waals surface area (Å²) in [6.45, 7) is 0. The highest BCUT2D eigenvalue weighted by molar-refractivity contribution is 7.47. The van der Waals surface area contributed by atoms with Crippen molar-refractivity contribution in [1.82, 2.24) is 0 Å².